The zero-order valence-electron chi connectivity index (χ0n) is 14.8. The lowest BCUT2D eigenvalue weighted by atomic mass is 10.1. The number of allylic oxidation sites excluding steroid dienone is 2. The number of unbranched alkanes of at least 4 members (excludes halogenated alkanes) is 3. The lowest BCUT2D eigenvalue weighted by molar-refractivity contribution is -0.959. The number of nitrogens with one attached hydrogen (secondary N) is 1. The Morgan fingerprint density at radius 1 is 1.36 bits per heavy atom. The molecule has 1 N–H and O–H groups in total. The van der Waals surface area contributed by atoms with E-state index in [1.807, 2.05) is 6.21 Å². The highest BCUT2D eigenvalue weighted by molar-refractivity contribution is 5.73. The Labute approximate surface area is 136 Å². The summed E-state index contributed by atoms with van der Waals surface area (Å²) in [7, 11) is 0. The number of quaternary nitrogens is 1. The maximum Gasteiger partial charge on any atom is 0.221 e. The van der Waals surface area contributed by atoms with E-state index >= 15 is 0 Å². The van der Waals surface area contributed by atoms with E-state index in [0.717, 1.165) is 36.8 Å². The molecule has 1 rings (SSSR count). The molecule has 0 saturated carbocycles. The van der Waals surface area contributed by atoms with E-state index in [9.17, 15) is 4.79 Å². The number of hydrogen-bond acceptors (Lipinski definition) is 2. The van der Waals surface area contributed by atoms with Gasteiger partial charge in [-0.2, -0.15) is 0 Å². The van der Waals surface area contributed by atoms with Crippen molar-refractivity contribution < 1.29 is 9.28 Å². The average Bonchev–Trinajstić information content (AvgIpc) is 2.90. The SMILES string of the molecule is CCCC/C=C/CCCC1N=CC[N+]1(CC)C(C)NC(C)=O. The van der Waals surface area contributed by atoms with Gasteiger partial charge in [-0.05, 0) is 26.2 Å². The van der Waals surface area contributed by atoms with Crippen LogP contribution in [0.1, 0.15) is 66.2 Å². The van der Waals surface area contributed by atoms with Crippen LogP contribution in [0.25, 0.3) is 0 Å². The van der Waals surface area contributed by atoms with Crippen molar-refractivity contribution in [2.45, 2.75) is 78.6 Å². The van der Waals surface area contributed by atoms with Gasteiger partial charge in [-0.1, -0.05) is 31.9 Å². The zero-order valence-corrected chi connectivity index (χ0v) is 14.8. The van der Waals surface area contributed by atoms with Crippen molar-refractivity contribution in [1.29, 1.82) is 0 Å². The van der Waals surface area contributed by atoms with Crippen LogP contribution >= 0.6 is 0 Å². The Hall–Kier alpha value is -1.16. The van der Waals surface area contributed by atoms with E-state index in [0.29, 0.717) is 0 Å². The van der Waals surface area contributed by atoms with Crippen molar-refractivity contribution in [1.82, 2.24) is 5.32 Å². The first-order valence-electron chi connectivity index (χ1n) is 8.87. The molecule has 0 radical (unpaired) electrons. The van der Waals surface area contributed by atoms with Gasteiger partial charge in [0, 0.05) is 20.3 Å². The van der Waals surface area contributed by atoms with Crippen molar-refractivity contribution in [2.24, 2.45) is 4.99 Å². The van der Waals surface area contributed by atoms with Crippen molar-refractivity contribution in [3.8, 4) is 0 Å². The summed E-state index contributed by atoms with van der Waals surface area (Å²) < 4.78 is 0.860. The van der Waals surface area contributed by atoms with E-state index < -0.39 is 0 Å². The molecule has 0 saturated heterocycles. The summed E-state index contributed by atoms with van der Waals surface area (Å²) in [5, 5.41) is 3.07. The molecule has 0 aromatic carbocycles. The number of hydrogen-bond donors (Lipinski definition) is 1. The largest absolute Gasteiger partial charge is 0.307 e. The predicted octanol–water partition coefficient (Wildman–Crippen LogP) is 3.63. The highest BCUT2D eigenvalue weighted by Crippen LogP contribution is 2.26. The molecule has 22 heavy (non-hydrogen) atoms. The Balaban J connectivity index is 2.47. The van der Waals surface area contributed by atoms with Crippen molar-refractivity contribution in [3.63, 3.8) is 0 Å². The summed E-state index contributed by atoms with van der Waals surface area (Å²) in [4.78, 5) is 16.1. The second kappa shape index (κ2) is 9.78. The summed E-state index contributed by atoms with van der Waals surface area (Å²) >= 11 is 0. The zero-order chi connectivity index (χ0) is 16.4. The molecular formula is C18H34N3O+. The van der Waals surface area contributed by atoms with Gasteiger partial charge in [-0.15, -0.1) is 0 Å². The topological polar surface area (TPSA) is 41.5 Å². The maximum atomic E-state index is 11.4. The molecule has 0 aromatic heterocycles. The number of aliphatic imine (C=N–C) groups is 1. The third-order valence-electron chi connectivity index (χ3n) is 4.79. The maximum absolute atomic E-state index is 11.4. The van der Waals surface area contributed by atoms with Gasteiger partial charge in [0.1, 0.15) is 6.54 Å². The molecule has 0 aromatic rings. The first kappa shape index (κ1) is 18.9. The number of nitrogens with zero attached hydrogens (tertiary/aromatic N) is 2. The monoisotopic (exact) mass is 308 g/mol. The summed E-state index contributed by atoms with van der Waals surface area (Å²) in [6, 6.07) is 0. The van der Waals surface area contributed by atoms with Crippen LogP contribution in [0.5, 0.6) is 0 Å². The average molecular weight is 308 g/mol. The molecule has 0 bridgehead atoms. The fourth-order valence-electron chi connectivity index (χ4n) is 3.34. The molecule has 1 aliphatic rings. The number of amides is 1. The van der Waals surface area contributed by atoms with Gasteiger partial charge in [0.15, 0.2) is 12.3 Å². The Morgan fingerprint density at radius 3 is 2.64 bits per heavy atom. The van der Waals surface area contributed by atoms with Crippen LogP contribution in [-0.4, -0.2) is 42.0 Å². The highest BCUT2D eigenvalue weighted by Gasteiger charge is 2.42. The van der Waals surface area contributed by atoms with E-state index in [2.05, 4.69) is 38.2 Å². The molecule has 4 heteroatoms. The smallest absolute Gasteiger partial charge is 0.221 e. The summed E-state index contributed by atoms with van der Waals surface area (Å²) in [5.74, 6) is 0.0444. The van der Waals surface area contributed by atoms with Crippen LogP contribution in [0, 0.1) is 0 Å². The van der Waals surface area contributed by atoms with Crippen molar-refractivity contribution in [2.75, 3.05) is 13.1 Å². The van der Waals surface area contributed by atoms with Gasteiger partial charge in [0.2, 0.25) is 5.91 Å². The van der Waals surface area contributed by atoms with Crippen LogP contribution in [0.4, 0.5) is 0 Å². The number of rotatable bonds is 10. The van der Waals surface area contributed by atoms with Gasteiger partial charge >= 0.3 is 0 Å². The molecule has 3 unspecified atom stereocenters. The molecular weight excluding hydrogens is 274 g/mol. The van der Waals surface area contributed by atoms with E-state index in [4.69, 9.17) is 4.99 Å². The van der Waals surface area contributed by atoms with Gasteiger partial charge in [0.05, 0.1) is 12.8 Å². The summed E-state index contributed by atoms with van der Waals surface area (Å²) in [6.07, 6.45) is 14.2. The molecule has 1 aliphatic heterocycles. The van der Waals surface area contributed by atoms with Crippen LogP contribution in [-0.2, 0) is 4.79 Å². The molecule has 1 amide bonds. The quantitative estimate of drug-likeness (QED) is 0.374. The second-order valence-electron chi connectivity index (χ2n) is 6.34. The van der Waals surface area contributed by atoms with Crippen molar-refractivity contribution in [3.05, 3.63) is 12.2 Å². The number of carbonyl (C=O) groups is 1. The molecule has 0 spiro atoms. The minimum Gasteiger partial charge on any atom is -0.307 e. The minimum atomic E-state index is 0.0444. The van der Waals surface area contributed by atoms with E-state index in [-0.39, 0.29) is 18.2 Å². The van der Waals surface area contributed by atoms with E-state index in [1.165, 1.54) is 19.3 Å². The predicted molar refractivity (Wildman–Crippen MR) is 93.7 cm³/mol. The first-order valence-corrected chi connectivity index (χ1v) is 8.87. The Kier molecular flexibility index (Phi) is 8.39. The molecule has 0 fully saturated rings. The van der Waals surface area contributed by atoms with Crippen LogP contribution in [0.2, 0.25) is 0 Å². The normalized spacial score (nSPS) is 25.7. The highest BCUT2D eigenvalue weighted by atomic mass is 16.1. The fraction of sp³-hybridized carbons (Fsp3) is 0.778. The minimum absolute atomic E-state index is 0.0444. The summed E-state index contributed by atoms with van der Waals surface area (Å²) in [5.41, 5.74) is 0. The van der Waals surface area contributed by atoms with Crippen molar-refractivity contribution >= 4 is 12.1 Å². The lowest BCUT2D eigenvalue weighted by Gasteiger charge is -2.42. The van der Waals surface area contributed by atoms with Gasteiger partial charge in [-0.25, -0.2) is 4.99 Å². The molecule has 4 nitrogen and oxygen atoms in total. The molecule has 1 heterocycles. The molecule has 126 valence electrons. The van der Waals surface area contributed by atoms with Crippen LogP contribution in [0.3, 0.4) is 0 Å². The standard InChI is InChI=1S/C18H33N3O/c1-5-7-8-9-10-11-12-13-18-19-14-15-21(18,6-2)16(3)20-17(4)22/h9-10,14,16,18H,5-8,11-13,15H2,1-4H3/p+1/b10-9+. The van der Waals surface area contributed by atoms with Crippen LogP contribution in [0.15, 0.2) is 17.1 Å². The van der Waals surface area contributed by atoms with Gasteiger partial charge in [0.25, 0.3) is 0 Å². The Morgan fingerprint density at radius 2 is 2.05 bits per heavy atom. The van der Waals surface area contributed by atoms with Gasteiger partial charge in [-0.3, -0.25) is 9.28 Å². The van der Waals surface area contributed by atoms with Crippen LogP contribution < -0.4 is 5.32 Å². The Bertz CT molecular complexity index is 392. The van der Waals surface area contributed by atoms with Gasteiger partial charge < -0.3 is 5.32 Å². The number of carbonyl (C=O) groups excluding carboxylic acids is 1. The molecule has 3 atom stereocenters. The van der Waals surface area contributed by atoms with E-state index in [1.54, 1.807) is 6.92 Å². The lowest BCUT2D eigenvalue weighted by Crippen LogP contribution is -2.63. The third-order valence-corrected chi connectivity index (χ3v) is 4.79. The fourth-order valence-corrected chi connectivity index (χ4v) is 3.34. The molecule has 0 aliphatic carbocycles. The third kappa shape index (κ3) is 5.24. The second-order valence-corrected chi connectivity index (χ2v) is 6.34. The first-order chi connectivity index (χ1) is 10.6. The summed E-state index contributed by atoms with van der Waals surface area (Å²) in [6.45, 7) is 10.1.